The van der Waals surface area contributed by atoms with E-state index in [-0.39, 0.29) is 11.9 Å². The first-order valence-corrected chi connectivity index (χ1v) is 6.42. The summed E-state index contributed by atoms with van der Waals surface area (Å²) >= 11 is 0. The average Bonchev–Trinajstić information content (AvgIpc) is 2.76. The van der Waals surface area contributed by atoms with E-state index in [0.29, 0.717) is 19.6 Å². The predicted octanol–water partition coefficient (Wildman–Crippen LogP) is 2.04. The SMILES string of the molecule is CCNC(C)CC(=O)Nc1ccc2c(c1)COC2. The highest BCUT2D eigenvalue weighted by Crippen LogP contribution is 2.23. The Hall–Kier alpha value is -1.39. The van der Waals surface area contributed by atoms with Crippen LogP contribution < -0.4 is 10.6 Å². The summed E-state index contributed by atoms with van der Waals surface area (Å²) in [5.41, 5.74) is 3.24. The molecule has 1 unspecified atom stereocenters. The van der Waals surface area contributed by atoms with Crippen molar-refractivity contribution in [2.24, 2.45) is 0 Å². The van der Waals surface area contributed by atoms with Gasteiger partial charge in [-0.2, -0.15) is 0 Å². The van der Waals surface area contributed by atoms with E-state index in [4.69, 9.17) is 4.74 Å². The second kappa shape index (κ2) is 5.98. The van der Waals surface area contributed by atoms with Crippen LogP contribution >= 0.6 is 0 Å². The molecule has 0 aromatic heterocycles. The molecule has 4 heteroatoms. The summed E-state index contributed by atoms with van der Waals surface area (Å²) in [5.74, 6) is 0.0438. The second-order valence-corrected chi connectivity index (χ2v) is 4.69. The van der Waals surface area contributed by atoms with E-state index in [1.807, 2.05) is 32.0 Å². The Balaban J connectivity index is 1.91. The van der Waals surface area contributed by atoms with Gasteiger partial charge in [0.2, 0.25) is 5.91 Å². The molecule has 2 rings (SSSR count). The standard InChI is InChI=1S/C14H20N2O2/c1-3-15-10(2)6-14(17)16-13-5-4-11-8-18-9-12(11)7-13/h4-5,7,10,15H,3,6,8-9H2,1-2H3,(H,16,17). The highest BCUT2D eigenvalue weighted by atomic mass is 16.5. The maximum atomic E-state index is 11.8. The topological polar surface area (TPSA) is 50.4 Å². The molecule has 0 aliphatic carbocycles. The van der Waals surface area contributed by atoms with Gasteiger partial charge in [0, 0.05) is 18.2 Å². The highest BCUT2D eigenvalue weighted by Gasteiger charge is 2.13. The fourth-order valence-electron chi connectivity index (χ4n) is 2.16. The molecule has 4 nitrogen and oxygen atoms in total. The van der Waals surface area contributed by atoms with E-state index in [1.54, 1.807) is 0 Å². The van der Waals surface area contributed by atoms with Gasteiger partial charge in [0.15, 0.2) is 0 Å². The van der Waals surface area contributed by atoms with E-state index in [1.165, 1.54) is 11.1 Å². The summed E-state index contributed by atoms with van der Waals surface area (Å²) in [6.45, 7) is 6.26. The number of amides is 1. The number of hydrogen-bond donors (Lipinski definition) is 2. The third-order valence-corrected chi connectivity index (χ3v) is 3.05. The van der Waals surface area contributed by atoms with Crippen molar-refractivity contribution < 1.29 is 9.53 Å². The zero-order chi connectivity index (χ0) is 13.0. The molecule has 0 saturated heterocycles. The zero-order valence-electron chi connectivity index (χ0n) is 11.0. The Morgan fingerprint density at radius 3 is 2.94 bits per heavy atom. The van der Waals surface area contributed by atoms with Gasteiger partial charge >= 0.3 is 0 Å². The van der Waals surface area contributed by atoms with Crippen molar-refractivity contribution in [2.45, 2.75) is 39.5 Å². The minimum Gasteiger partial charge on any atom is -0.372 e. The van der Waals surface area contributed by atoms with Crippen LogP contribution in [0.5, 0.6) is 0 Å². The molecule has 1 atom stereocenters. The number of carbonyl (C=O) groups excluding carboxylic acids is 1. The van der Waals surface area contributed by atoms with Crippen molar-refractivity contribution in [3.05, 3.63) is 29.3 Å². The van der Waals surface area contributed by atoms with E-state index < -0.39 is 0 Å². The third-order valence-electron chi connectivity index (χ3n) is 3.05. The molecule has 1 aliphatic rings. The lowest BCUT2D eigenvalue weighted by Gasteiger charge is -2.12. The maximum Gasteiger partial charge on any atom is 0.225 e. The Morgan fingerprint density at radius 2 is 2.17 bits per heavy atom. The summed E-state index contributed by atoms with van der Waals surface area (Å²) in [7, 11) is 0. The first-order valence-electron chi connectivity index (χ1n) is 6.42. The van der Waals surface area contributed by atoms with E-state index >= 15 is 0 Å². The molecule has 2 N–H and O–H groups in total. The normalized spacial score (nSPS) is 15.2. The van der Waals surface area contributed by atoms with Crippen LogP contribution in [0.15, 0.2) is 18.2 Å². The molecular weight excluding hydrogens is 228 g/mol. The lowest BCUT2D eigenvalue weighted by Crippen LogP contribution is -2.30. The van der Waals surface area contributed by atoms with Gasteiger partial charge < -0.3 is 15.4 Å². The molecule has 18 heavy (non-hydrogen) atoms. The van der Waals surface area contributed by atoms with Crippen LogP contribution in [0.3, 0.4) is 0 Å². The zero-order valence-corrected chi connectivity index (χ0v) is 11.0. The van der Waals surface area contributed by atoms with Crippen LogP contribution in [-0.2, 0) is 22.7 Å². The number of anilines is 1. The molecular formula is C14H20N2O2. The molecule has 1 aromatic carbocycles. The van der Waals surface area contributed by atoms with E-state index in [2.05, 4.69) is 10.6 Å². The summed E-state index contributed by atoms with van der Waals surface area (Å²) < 4.78 is 5.35. The first-order chi connectivity index (χ1) is 8.69. The summed E-state index contributed by atoms with van der Waals surface area (Å²) in [6, 6.07) is 6.15. The molecule has 1 aliphatic heterocycles. The van der Waals surface area contributed by atoms with Crippen molar-refractivity contribution in [3.8, 4) is 0 Å². The molecule has 1 heterocycles. The number of ether oxygens (including phenoxy) is 1. The monoisotopic (exact) mass is 248 g/mol. The Bertz CT molecular complexity index is 432. The highest BCUT2D eigenvalue weighted by molar-refractivity contribution is 5.91. The molecule has 0 saturated carbocycles. The van der Waals surface area contributed by atoms with Crippen LogP contribution in [0.2, 0.25) is 0 Å². The van der Waals surface area contributed by atoms with Crippen LogP contribution in [0.1, 0.15) is 31.4 Å². The van der Waals surface area contributed by atoms with Gasteiger partial charge in [-0.15, -0.1) is 0 Å². The molecule has 0 spiro atoms. The fraction of sp³-hybridized carbons (Fsp3) is 0.500. The molecule has 1 amide bonds. The predicted molar refractivity (Wildman–Crippen MR) is 71.3 cm³/mol. The van der Waals surface area contributed by atoms with Crippen molar-refractivity contribution in [2.75, 3.05) is 11.9 Å². The first kappa shape index (κ1) is 13.1. The van der Waals surface area contributed by atoms with Crippen LogP contribution in [0.4, 0.5) is 5.69 Å². The quantitative estimate of drug-likeness (QED) is 0.838. The van der Waals surface area contributed by atoms with Crippen molar-refractivity contribution in [3.63, 3.8) is 0 Å². The molecule has 98 valence electrons. The number of nitrogens with one attached hydrogen (secondary N) is 2. The summed E-state index contributed by atoms with van der Waals surface area (Å²) in [6.07, 6.45) is 0.488. The number of fused-ring (bicyclic) bond motifs is 1. The lowest BCUT2D eigenvalue weighted by molar-refractivity contribution is -0.116. The van der Waals surface area contributed by atoms with Crippen molar-refractivity contribution in [1.82, 2.24) is 5.32 Å². The number of hydrogen-bond acceptors (Lipinski definition) is 3. The smallest absolute Gasteiger partial charge is 0.225 e. The number of carbonyl (C=O) groups is 1. The average molecular weight is 248 g/mol. The van der Waals surface area contributed by atoms with Crippen LogP contribution in [0.25, 0.3) is 0 Å². The number of rotatable bonds is 5. The Morgan fingerprint density at radius 1 is 1.39 bits per heavy atom. The lowest BCUT2D eigenvalue weighted by atomic mass is 10.1. The van der Waals surface area contributed by atoms with Gasteiger partial charge in [0.05, 0.1) is 13.2 Å². The fourth-order valence-corrected chi connectivity index (χ4v) is 2.16. The third kappa shape index (κ3) is 3.31. The number of benzene rings is 1. The molecule has 0 radical (unpaired) electrons. The molecule has 1 aromatic rings. The molecule has 0 fully saturated rings. The second-order valence-electron chi connectivity index (χ2n) is 4.69. The van der Waals surface area contributed by atoms with E-state index in [9.17, 15) is 4.79 Å². The van der Waals surface area contributed by atoms with Gasteiger partial charge in [0.1, 0.15) is 0 Å². The maximum absolute atomic E-state index is 11.8. The summed E-state index contributed by atoms with van der Waals surface area (Å²) in [4.78, 5) is 11.8. The van der Waals surface area contributed by atoms with Crippen LogP contribution in [-0.4, -0.2) is 18.5 Å². The Labute approximate surface area is 108 Å². The molecule has 0 bridgehead atoms. The van der Waals surface area contributed by atoms with Gasteiger partial charge in [-0.3, -0.25) is 4.79 Å². The van der Waals surface area contributed by atoms with Gasteiger partial charge in [-0.25, -0.2) is 0 Å². The largest absolute Gasteiger partial charge is 0.372 e. The van der Waals surface area contributed by atoms with Crippen molar-refractivity contribution in [1.29, 1.82) is 0 Å². The Kier molecular flexibility index (Phi) is 4.33. The minimum atomic E-state index is 0.0438. The summed E-state index contributed by atoms with van der Waals surface area (Å²) in [5, 5.41) is 6.15. The van der Waals surface area contributed by atoms with E-state index in [0.717, 1.165) is 12.2 Å². The minimum absolute atomic E-state index is 0.0438. The van der Waals surface area contributed by atoms with Gasteiger partial charge in [-0.05, 0) is 36.7 Å². The van der Waals surface area contributed by atoms with Crippen molar-refractivity contribution >= 4 is 11.6 Å². The van der Waals surface area contributed by atoms with Crippen LogP contribution in [0, 0.1) is 0 Å². The van der Waals surface area contributed by atoms with Gasteiger partial charge in [-0.1, -0.05) is 13.0 Å². The van der Waals surface area contributed by atoms with Gasteiger partial charge in [0.25, 0.3) is 0 Å².